The predicted octanol–water partition coefficient (Wildman–Crippen LogP) is 5.48. The van der Waals surface area contributed by atoms with E-state index in [2.05, 4.69) is 57.8 Å². The van der Waals surface area contributed by atoms with Crippen LogP contribution in [0.1, 0.15) is 42.6 Å². The first-order valence-corrected chi connectivity index (χ1v) is 8.12. The minimum Gasteiger partial charge on any atom is -0.384 e. The molecule has 96 valence electrons. The summed E-state index contributed by atoms with van der Waals surface area (Å²) in [5, 5.41) is 10.4. The zero-order valence-corrected chi connectivity index (χ0v) is 14.1. The first kappa shape index (κ1) is 14.3. The molecule has 0 saturated heterocycles. The quantitative estimate of drug-likeness (QED) is 0.736. The van der Waals surface area contributed by atoms with Crippen LogP contribution in [0.15, 0.2) is 37.9 Å². The number of hydrogen-bond acceptors (Lipinski definition) is 2. The van der Waals surface area contributed by atoms with Gasteiger partial charge in [0, 0.05) is 5.56 Å². The molecular formula is C14H14Br2OS. The fraction of sp³-hybridized carbons (Fsp3) is 0.286. The molecule has 0 aliphatic carbocycles. The third-order valence-electron chi connectivity index (χ3n) is 2.90. The first-order chi connectivity index (χ1) is 8.49. The van der Waals surface area contributed by atoms with Crippen LogP contribution in [0.4, 0.5) is 0 Å². The summed E-state index contributed by atoms with van der Waals surface area (Å²) in [6.07, 6.45) is -0.580. The van der Waals surface area contributed by atoms with E-state index in [-0.39, 0.29) is 0 Å². The zero-order chi connectivity index (χ0) is 13.3. The van der Waals surface area contributed by atoms with Gasteiger partial charge in [-0.15, -0.1) is 11.3 Å². The fourth-order valence-electron chi connectivity index (χ4n) is 1.78. The van der Waals surface area contributed by atoms with E-state index < -0.39 is 6.10 Å². The first-order valence-electron chi connectivity index (χ1n) is 5.71. The number of rotatable bonds is 3. The van der Waals surface area contributed by atoms with E-state index in [1.54, 1.807) is 11.3 Å². The molecule has 0 spiro atoms. The van der Waals surface area contributed by atoms with Crippen LogP contribution in [0.25, 0.3) is 0 Å². The predicted molar refractivity (Wildman–Crippen MR) is 84.3 cm³/mol. The Morgan fingerprint density at radius 1 is 1.06 bits per heavy atom. The van der Waals surface area contributed by atoms with Gasteiger partial charge in [0.2, 0.25) is 0 Å². The van der Waals surface area contributed by atoms with Crippen molar-refractivity contribution in [1.29, 1.82) is 0 Å². The highest BCUT2D eigenvalue weighted by Gasteiger charge is 2.16. The van der Waals surface area contributed by atoms with Crippen molar-refractivity contribution >= 4 is 43.2 Å². The topological polar surface area (TPSA) is 20.2 Å². The summed E-state index contributed by atoms with van der Waals surface area (Å²) >= 11 is 8.49. The van der Waals surface area contributed by atoms with Crippen molar-refractivity contribution in [2.75, 3.05) is 0 Å². The summed E-state index contributed by atoms with van der Waals surface area (Å²) in [6.45, 7) is 4.33. The van der Waals surface area contributed by atoms with Gasteiger partial charge < -0.3 is 5.11 Å². The molecule has 0 aliphatic heterocycles. The summed E-state index contributed by atoms with van der Waals surface area (Å²) < 4.78 is 1.98. The Bertz CT molecular complexity index is 531. The van der Waals surface area contributed by atoms with Gasteiger partial charge in [-0.2, -0.15) is 0 Å². The molecule has 1 heterocycles. The molecule has 1 unspecified atom stereocenters. The molecule has 0 saturated carbocycles. The lowest BCUT2D eigenvalue weighted by Gasteiger charge is -2.12. The van der Waals surface area contributed by atoms with Crippen LogP contribution in [0, 0.1) is 0 Å². The lowest BCUT2D eigenvalue weighted by atomic mass is 9.98. The number of aliphatic hydroxyl groups excluding tert-OH is 1. The maximum Gasteiger partial charge on any atom is 0.106 e. The third kappa shape index (κ3) is 3.05. The van der Waals surface area contributed by atoms with E-state index in [0.29, 0.717) is 5.92 Å². The summed E-state index contributed by atoms with van der Waals surface area (Å²) in [5.41, 5.74) is 3.12. The molecule has 0 aliphatic rings. The lowest BCUT2D eigenvalue weighted by Crippen LogP contribution is -1.99. The smallest absolute Gasteiger partial charge is 0.106 e. The lowest BCUT2D eigenvalue weighted by molar-refractivity contribution is 0.220. The number of thiophene rings is 1. The molecule has 0 amide bonds. The van der Waals surface area contributed by atoms with E-state index in [1.165, 1.54) is 5.56 Å². The zero-order valence-electron chi connectivity index (χ0n) is 10.2. The van der Waals surface area contributed by atoms with Crippen molar-refractivity contribution in [3.8, 4) is 0 Å². The molecule has 2 rings (SSSR count). The van der Waals surface area contributed by atoms with Gasteiger partial charge in [-0.1, -0.05) is 38.1 Å². The largest absolute Gasteiger partial charge is 0.384 e. The number of benzene rings is 1. The normalized spacial score (nSPS) is 13.0. The molecule has 4 heteroatoms. The highest BCUT2D eigenvalue weighted by molar-refractivity contribution is 9.12. The molecule has 1 atom stereocenters. The van der Waals surface area contributed by atoms with E-state index in [1.807, 2.05) is 18.2 Å². The van der Waals surface area contributed by atoms with Crippen LogP contribution in [0.2, 0.25) is 0 Å². The summed E-state index contributed by atoms with van der Waals surface area (Å²) in [5.74, 6) is 0.512. The molecular weight excluding hydrogens is 376 g/mol. The van der Waals surface area contributed by atoms with Crippen LogP contribution in [0.5, 0.6) is 0 Å². The van der Waals surface area contributed by atoms with Crippen LogP contribution in [-0.2, 0) is 0 Å². The van der Waals surface area contributed by atoms with Crippen molar-refractivity contribution in [3.05, 3.63) is 54.6 Å². The highest BCUT2D eigenvalue weighted by atomic mass is 79.9. The fourth-order valence-corrected chi connectivity index (χ4v) is 4.67. The standard InChI is InChI=1S/C14H14Br2OS/c1-8(2)9-3-5-10(6-4-9)13(17)11-7-12(15)18-14(11)16/h3-8,13,17H,1-2H3. The van der Waals surface area contributed by atoms with Gasteiger partial charge in [0.05, 0.1) is 7.57 Å². The Labute approximate surface area is 128 Å². The van der Waals surface area contributed by atoms with Gasteiger partial charge in [-0.25, -0.2) is 0 Å². The Hall–Kier alpha value is -0.160. The highest BCUT2D eigenvalue weighted by Crippen LogP contribution is 2.37. The van der Waals surface area contributed by atoms with E-state index in [0.717, 1.165) is 18.7 Å². The number of hydrogen-bond donors (Lipinski definition) is 1. The van der Waals surface area contributed by atoms with Crippen LogP contribution >= 0.6 is 43.2 Å². The van der Waals surface area contributed by atoms with Gasteiger partial charge in [-0.3, -0.25) is 0 Å². The van der Waals surface area contributed by atoms with Gasteiger partial charge in [0.1, 0.15) is 6.10 Å². The second kappa shape index (κ2) is 5.87. The molecule has 1 N–H and O–H groups in total. The Morgan fingerprint density at radius 2 is 1.61 bits per heavy atom. The molecule has 18 heavy (non-hydrogen) atoms. The Morgan fingerprint density at radius 3 is 2.06 bits per heavy atom. The van der Waals surface area contributed by atoms with E-state index in [4.69, 9.17) is 0 Å². The van der Waals surface area contributed by atoms with Gasteiger partial charge in [0.25, 0.3) is 0 Å². The minimum atomic E-state index is -0.580. The molecule has 0 fully saturated rings. The van der Waals surface area contributed by atoms with Gasteiger partial charge >= 0.3 is 0 Å². The maximum atomic E-state index is 10.4. The Balaban J connectivity index is 2.28. The van der Waals surface area contributed by atoms with Gasteiger partial charge in [-0.05, 0) is 55.0 Å². The van der Waals surface area contributed by atoms with Crippen molar-refractivity contribution in [2.45, 2.75) is 25.9 Å². The average molecular weight is 390 g/mol. The number of halogens is 2. The van der Waals surface area contributed by atoms with Crippen molar-refractivity contribution in [2.24, 2.45) is 0 Å². The average Bonchev–Trinajstić information content (AvgIpc) is 2.67. The van der Waals surface area contributed by atoms with Crippen LogP contribution in [-0.4, -0.2) is 5.11 Å². The molecule has 1 aromatic carbocycles. The molecule has 0 radical (unpaired) electrons. The third-order valence-corrected chi connectivity index (χ3v) is 5.28. The summed E-state index contributed by atoms with van der Waals surface area (Å²) in [7, 11) is 0. The number of aliphatic hydroxyl groups is 1. The molecule has 0 bridgehead atoms. The molecule has 1 aromatic heterocycles. The second-order valence-electron chi connectivity index (χ2n) is 4.50. The second-order valence-corrected chi connectivity index (χ2v) is 8.25. The van der Waals surface area contributed by atoms with E-state index in [9.17, 15) is 5.11 Å². The van der Waals surface area contributed by atoms with Crippen LogP contribution < -0.4 is 0 Å². The summed E-state index contributed by atoms with van der Waals surface area (Å²) in [6, 6.07) is 10.1. The maximum absolute atomic E-state index is 10.4. The summed E-state index contributed by atoms with van der Waals surface area (Å²) in [4.78, 5) is 0. The van der Waals surface area contributed by atoms with E-state index >= 15 is 0 Å². The van der Waals surface area contributed by atoms with Crippen molar-refractivity contribution in [3.63, 3.8) is 0 Å². The van der Waals surface area contributed by atoms with Gasteiger partial charge in [0.15, 0.2) is 0 Å². The van der Waals surface area contributed by atoms with Crippen molar-refractivity contribution < 1.29 is 5.11 Å². The molecule has 2 aromatic rings. The monoisotopic (exact) mass is 388 g/mol. The van der Waals surface area contributed by atoms with Crippen molar-refractivity contribution in [1.82, 2.24) is 0 Å². The Kier molecular flexibility index (Phi) is 4.64. The molecule has 1 nitrogen and oxygen atoms in total. The SMILES string of the molecule is CC(C)c1ccc(C(O)c2cc(Br)sc2Br)cc1. The minimum absolute atomic E-state index is 0.512. The van der Waals surface area contributed by atoms with Crippen LogP contribution in [0.3, 0.4) is 0 Å².